The molecule has 0 aromatic heterocycles. The highest BCUT2D eigenvalue weighted by Gasteiger charge is 2.06. The van der Waals surface area contributed by atoms with Crippen LogP contribution in [-0.4, -0.2) is 16.2 Å². The molecule has 1 aromatic carbocycles. The van der Waals surface area contributed by atoms with Gasteiger partial charge in [0.05, 0.1) is 5.56 Å². The molecule has 1 aromatic rings. The molecule has 58 valence electrons. The Labute approximate surface area is 76.8 Å². The molecule has 0 aliphatic rings. The molecule has 0 saturated carbocycles. The van der Waals surface area contributed by atoms with E-state index in [0.29, 0.717) is 3.57 Å². The molecule has 0 heterocycles. The zero-order valence-electron chi connectivity index (χ0n) is 5.41. The fourth-order valence-electron chi connectivity index (χ4n) is 0.677. The first kappa shape index (κ1) is 8.32. The largest absolute Gasteiger partial charge is 0.508 e. The van der Waals surface area contributed by atoms with E-state index in [1.54, 1.807) is 0 Å². The molecule has 0 bridgehead atoms. The van der Waals surface area contributed by atoms with Crippen LogP contribution in [0.4, 0.5) is 0 Å². The van der Waals surface area contributed by atoms with Crippen molar-refractivity contribution in [3.05, 3.63) is 27.3 Å². The van der Waals surface area contributed by atoms with E-state index >= 15 is 0 Å². The summed E-state index contributed by atoms with van der Waals surface area (Å²) in [6.45, 7) is 0. The molecule has 2 N–H and O–H groups in total. The molecule has 0 aliphatic carbocycles. The first-order valence-electron chi connectivity index (χ1n) is 2.83. The number of aromatic hydroxyl groups is 1. The van der Waals surface area contributed by atoms with Gasteiger partial charge in [0.1, 0.15) is 5.75 Å². The number of phenolic OH excluding ortho intramolecular Hbond substituents is 1. The number of hydrogen-bond donors (Lipinski definition) is 2. The number of hydrogen-bond acceptors (Lipinski definition) is 2. The van der Waals surface area contributed by atoms with Gasteiger partial charge >= 0.3 is 5.97 Å². The summed E-state index contributed by atoms with van der Waals surface area (Å²) in [4.78, 5) is 10.4. The van der Waals surface area contributed by atoms with Crippen molar-refractivity contribution in [2.75, 3.05) is 0 Å². The monoisotopic (exact) mass is 264 g/mol. The lowest BCUT2D eigenvalue weighted by Crippen LogP contribution is -1.98. The Kier molecular flexibility index (Phi) is 2.33. The minimum Gasteiger partial charge on any atom is -0.508 e. The van der Waals surface area contributed by atoms with Crippen molar-refractivity contribution in [2.24, 2.45) is 0 Å². The van der Waals surface area contributed by atoms with E-state index in [1.165, 1.54) is 18.2 Å². The van der Waals surface area contributed by atoms with Gasteiger partial charge in [-0.3, -0.25) is 0 Å². The van der Waals surface area contributed by atoms with Gasteiger partial charge in [-0.15, -0.1) is 0 Å². The van der Waals surface area contributed by atoms with Crippen LogP contribution in [0.25, 0.3) is 0 Å². The first-order valence-corrected chi connectivity index (χ1v) is 3.91. The summed E-state index contributed by atoms with van der Waals surface area (Å²) in [6, 6.07) is 4.13. The van der Waals surface area contributed by atoms with Crippen molar-refractivity contribution in [3.8, 4) is 5.75 Å². The van der Waals surface area contributed by atoms with Gasteiger partial charge in [-0.25, -0.2) is 4.79 Å². The molecule has 11 heavy (non-hydrogen) atoms. The summed E-state index contributed by atoms with van der Waals surface area (Å²) in [5.74, 6) is -0.895. The Bertz CT molecular complexity index is 296. The fraction of sp³-hybridized carbons (Fsp3) is 0. The summed E-state index contributed by atoms with van der Waals surface area (Å²) in [6.07, 6.45) is 0. The summed E-state index contributed by atoms with van der Waals surface area (Å²) >= 11 is 1.86. The van der Waals surface area contributed by atoms with E-state index in [1.807, 2.05) is 22.6 Å². The normalized spacial score (nSPS) is 9.55. The Balaban J connectivity index is 3.20. The zero-order valence-corrected chi connectivity index (χ0v) is 7.57. The van der Waals surface area contributed by atoms with Crippen LogP contribution in [0.5, 0.6) is 5.75 Å². The van der Waals surface area contributed by atoms with E-state index < -0.39 is 5.97 Å². The van der Waals surface area contributed by atoms with Gasteiger partial charge in [0, 0.05) is 3.57 Å². The topological polar surface area (TPSA) is 57.5 Å². The minimum absolute atomic E-state index is 0.0828. The lowest BCUT2D eigenvalue weighted by atomic mass is 10.2. The first-order chi connectivity index (χ1) is 5.11. The number of rotatable bonds is 1. The van der Waals surface area contributed by atoms with Gasteiger partial charge in [0.15, 0.2) is 0 Å². The predicted molar refractivity (Wildman–Crippen MR) is 47.8 cm³/mol. The number of phenols is 1. The van der Waals surface area contributed by atoms with Gasteiger partial charge in [0.25, 0.3) is 0 Å². The van der Waals surface area contributed by atoms with Crippen molar-refractivity contribution < 1.29 is 15.0 Å². The van der Waals surface area contributed by atoms with Crippen LogP contribution in [0.1, 0.15) is 10.4 Å². The quantitative estimate of drug-likeness (QED) is 0.759. The minimum atomic E-state index is -0.977. The van der Waals surface area contributed by atoms with Crippen LogP contribution in [-0.2, 0) is 0 Å². The van der Waals surface area contributed by atoms with Crippen molar-refractivity contribution in [3.63, 3.8) is 0 Å². The molecule has 3 nitrogen and oxygen atoms in total. The molecule has 1 rings (SSSR count). The molecular weight excluding hydrogens is 259 g/mol. The maximum atomic E-state index is 10.4. The zero-order chi connectivity index (χ0) is 8.43. The van der Waals surface area contributed by atoms with Crippen LogP contribution in [0, 0.1) is 3.57 Å². The lowest BCUT2D eigenvalue weighted by molar-refractivity contribution is 0.0696. The smallest absolute Gasteiger partial charge is 0.336 e. The number of aromatic carboxylic acids is 1. The van der Waals surface area contributed by atoms with E-state index in [9.17, 15) is 4.79 Å². The molecular formula is C7H5IO3. The van der Waals surface area contributed by atoms with Crippen LogP contribution < -0.4 is 0 Å². The Morgan fingerprint density at radius 1 is 1.45 bits per heavy atom. The number of carboxylic acids is 1. The van der Waals surface area contributed by atoms with Crippen LogP contribution in [0.15, 0.2) is 18.2 Å². The SMILES string of the molecule is O=C(O)c1ccc(O)cc1I. The number of halogens is 1. The van der Waals surface area contributed by atoms with E-state index in [2.05, 4.69) is 0 Å². The third-order valence-electron chi connectivity index (χ3n) is 1.18. The molecule has 0 aliphatic heterocycles. The van der Waals surface area contributed by atoms with E-state index in [0.717, 1.165) is 0 Å². The van der Waals surface area contributed by atoms with Crippen molar-refractivity contribution >= 4 is 28.6 Å². The Hall–Kier alpha value is -0.780. The van der Waals surface area contributed by atoms with Crippen molar-refractivity contribution in [1.82, 2.24) is 0 Å². The van der Waals surface area contributed by atoms with Crippen LogP contribution in [0.3, 0.4) is 0 Å². The number of carboxylic acid groups (broad SMARTS) is 1. The second kappa shape index (κ2) is 3.08. The van der Waals surface area contributed by atoms with Gasteiger partial charge in [0.2, 0.25) is 0 Å². The Morgan fingerprint density at radius 3 is 2.55 bits per heavy atom. The molecule has 4 heteroatoms. The standard InChI is InChI=1S/C7H5IO3/c8-6-3-4(9)1-2-5(6)7(10)11/h1-3,9H,(H,10,11). The highest BCUT2D eigenvalue weighted by atomic mass is 127. The maximum absolute atomic E-state index is 10.4. The summed E-state index contributed by atoms with van der Waals surface area (Å²) in [5.41, 5.74) is 0.211. The third-order valence-corrected chi connectivity index (χ3v) is 2.08. The molecule has 0 unspecified atom stereocenters. The van der Waals surface area contributed by atoms with Gasteiger partial charge in [-0.1, -0.05) is 0 Å². The Morgan fingerprint density at radius 2 is 2.09 bits per heavy atom. The molecule has 0 saturated heterocycles. The highest BCUT2D eigenvalue weighted by molar-refractivity contribution is 14.1. The fourth-order valence-corrected chi connectivity index (χ4v) is 1.41. The molecule has 0 atom stereocenters. The number of benzene rings is 1. The third kappa shape index (κ3) is 1.83. The van der Waals surface area contributed by atoms with Crippen molar-refractivity contribution in [2.45, 2.75) is 0 Å². The van der Waals surface area contributed by atoms with E-state index in [-0.39, 0.29) is 11.3 Å². The molecule has 0 radical (unpaired) electrons. The summed E-state index contributed by atoms with van der Waals surface area (Å²) in [7, 11) is 0. The van der Waals surface area contributed by atoms with Gasteiger partial charge in [-0.05, 0) is 40.8 Å². The maximum Gasteiger partial charge on any atom is 0.336 e. The predicted octanol–water partition coefficient (Wildman–Crippen LogP) is 1.70. The van der Waals surface area contributed by atoms with E-state index in [4.69, 9.17) is 10.2 Å². The molecule has 0 fully saturated rings. The van der Waals surface area contributed by atoms with Crippen LogP contribution >= 0.6 is 22.6 Å². The number of carbonyl (C=O) groups is 1. The van der Waals surface area contributed by atoms with Crippen LogP contribution in [0.2, 0.25) is 0 Å². The second-order valence-corrected chi connectivity index (χ2v) is 3.13. The summed E-state index contributed by atoms with van der Waals surface area (Å²) < 4.78 is 0.537. The summed E-state index contributed by atoms with van der Waals surface area (Å²) in [5, 5.41) is 17.5. The van der Waals surface area contributed by atoms with Gasteiger partial charge < -0.3 is 10.2 Å². The van der Waals surface area contributed by atoms with Gasteiger partial charge in [-0.2, -0.15) is 0 Å². The average molecular weight is 264 g/mol. The lowest BCUT2D eigenvalue weighted by Gasteiger charge is -1.97. The second-order valence-electron chi connectivity index (χ2n) is 1.97. The molecule has 0 amide bonds. The molecule has 0 spiro atoms. The highest BCUT2D eigenvalue weighted by Crippen LogP contribution is 2.18. The van der Waals surface area contributed by atoms with Crippen molar-refractivity contribution in [1.29, 1.82) is 0 Å². The average Bonchev–Trinajstić information content (AvgIpc) is 1.85.